The van der Waals surface area contributed by atoms with Crippen LogP contribution in [0.4, 0.5) is 4.39 Å². The zero-order valence-corrected chi connectivity index (χ0v) is 11.8. The Labute approximate surface area is 125 Å². The molecule has 1 aliphatic carbocycles. The Morgan fingerprint density at radius 3 is 2.86 bits per heavy atom. The first-order valence-electron chi connectivity index (χ1n) is 6.54. The molecule has 3 rings (SSSR count). The normalized spacial score (nSPS) is 14.0. The SMILES string of the molecule is N#Cc1ccc(F)c(Cn2c(C3CC3)nc(Cl)cc2=O)c1. The predicted molar refractivity (Wildman–Crippen MR) is 75.7 cm³/mol. The lowest BCUT2D eigenvalue weighted by atomic mass is 10.1. The van der Waals surface area contributed by atoms with E-state index in [1.165, 1.54) is 28.8 Å². The van der Waals surface area contributed by atoms with Gasteiger partial charge >= 0.3 is 0 Å². The van der Waals surface area contributed by atoms with E-state index in [1.54, 1.807) is 0 Å². The minimum Gasteiger partial charge on any atom is -0.292 e. The van der Waals surface area contributed by atoms with Gasteiger partial charge in [0.25, 0.3) is 5.56 Å². The molecule has 0 spiro atoms. The highest BCUT2D eigenvalue weighted by molar-refractivity contribution is 6.29. The second kappa shape index (κ2) is 5.30. The van der Waals surface area contributed by atoms with Crippen LogP contribution in [-0.2, 0) is 6.54 Å². The molecule has 1 saturated carbocycles. The van der Waals surface area contributed by atoms with Crippen molar-refractivity contribution in [3.05, 3.63) is 62.5 Å². The maximum absolute atomic E-state index is 13.9. The zero-order chi connectivity index (χ0) is 15.0. The molecular formula is C15H11ClFN3O. The molecule has 1 fully saturated rings. The Kier molecular flexibility index (Phi) is 3.48. The van der Waals surface area contributed by atoms with Gasteiger partial charge in [-0.1, -0.05) is 11.6 Å². The van der Waals surface area contributed by atoms with Crippen LogP contribution in [0.2, 0.25) is 5.15 Å². The summed E-state index contributed by atoms with van der Waals surface area (Å²) >= 11 is 5.83. The standard InChI is InChI=1S/C15H11ClFN3O/c16-13-6-14(21)20(15(19-13)10-2-3-10)8-11-5-9(7-18)1-4-12(11)17/h1,4-6,10H,2-3,8H2. The van der Waals surface area contributed by atoms with E-state index in [4.69, 9.17) is 16.9 Å². The smallest absolute Gasteiger partial charge is 0.255 e. The van der Waals surface area contributed by atoms with Crippen molar-refractivity contribution in [2.45, 2.75) is 25.3 Å². The summed E-state index contributed by atoms with van der Waals surface area (Å²) in [7, 11) is 0. The van der Waals surface area contributed by atoms with E-state index < -0.39 is 5.82 Å². The van der Waals surface area contributed by atoms with Crippen molar-refractivity contribution >= 4 is 11.6 Å². The highest BCUT2D eigenvalue weighted by Crippen LogP contribution is 2.39. The Hall–Kier alpha value is -2.19. The van der Waals surface area contributed by atoms with Gasteiger partial charge in [0.1, 0.15) is 16.8 Å². The fourth-order valence-corrected chi connectivity index (χ4v) is 2.42. The van der Waals surface area contributed by atoms with Gasteiger partial charge < -0.3 is 0 Å². The van der Waals surface area contributed by atoms with Crippen molar-refractivity contribution in [3.8, 4) is 6.07 Å². The van der Waals surface area contributed by atoms with E-state index >= 15 is 0 Å². The molecule has 2 aromatic rings. The second-order valence-corrected chi connectivity index (χ2v) is 5.44. The van der Waals surface area contributed by atoms with Crippen LogP contribution >= 0.6 is 11.6 Å². The molecule has 0 saturated heterocycles. The summed E-state index contributed by atoms with van der Waals surface area (Å²) < 4.78 is 15.3. The second-order valence-electron chi connectivity index (χ2n) is 5.05. The van der Waals surface area contributed by atoms with Crippen molar-refractivity contribution in [2.75, 3.05) is 0 Å². The van der Waals surface area contributed by atoms with E-state index in [0.717, 1.165) is 12.8 Å². The van der Waals surface area contributed by atoms with Gasteiger partial charge in [-0.25, -0.2) is 9.37 Å². The molecule has 0 unspecified atom stereocenters. The molecule has 1 aromatic carbocycles. The Morgan fingerprint density at radius 2 is 2.19 bits per heavy atom. The quantitative estimate of drug-likeness (QED) is 0.819. The third-order valence-corrected chi connectivity index (χ3v) is 3.65. The molecule has 0 atom stereocenters. The van der Waals surface area contributed by atoms with E-state index in [0.29, 0.717) is 17.0 Å². The summed E-state index contributed by atoms with van der Waals surface area (Å²) in [6, 6.07) is 7.28. The molecule has 21 heavy (non-hydrogen) atoms. The van der Waals surface area contributed by atoms with Gasteiger partial charge in [0.2, 0.25) is 0 Å². The van der Waals surface area contributed by atoms with Crippen LogP contribution in [0.1, 0.15) is 35.7 Å². The van der Waals surface area contributed by atoms with E-state index in [9.17, 15) is 9.18 Å². The molecule has 0 radical (unpaired) electrons. The number of aromatic nitrogens is 2. The summed E-state index contributed by atoms with van der Waals surface area (Å²) in [6.45, 7) is 0.0518. The van der Waals surface area contributed by atoms with Crippen LogP contribution in [0.5, 0.6) is 0 Å². The van der Waals surface area contributed by atoms with Crippen LogP contribution in [0.25, 0.3) is 0 Å². The van der Waals surface area contributed by atoms with Gasteiger partial charge in [-0.05, 0) is 31.0 Å². The fraction of sp³-hybridized carbons (Fsp3) is 0.267. The molecule has 6 heteroatoms. The summed E-state index contributed by atoms with van der Waals surface area (Å²) in [6.07, 6.45) is 1.90. The third-order valence-electron chi connectivity index (χ3n) is 3.45. The number of halogens is 2. The molecule has 0 aliphatic heterocycles. The summed E-state index contributed by atoms with van der Waals surface area (Å²) in [4.78, 5) is 16.3. The fourth-order valence-electron chi connectivity index (χ4n) is 2.24. The van der Waals surface area contributed by atoms with E-state index in [1.807, 2.05) is 6.07 Å². The Balaban J connectivity index is 2.06. The van der Waals surface area contributed by atoms with Gasteiger partial charge in [0, 0.05) is 17.5 Å². The van der Waals surface area contributed by atoms with Gasteiger partial charge in [0.15, 0.2) is 0 Å². The van der Waals surface area contributed by atoms with Crippen molar-refractivity contribution < 1.29 is 4.39 Å². The number of rotatable bonds is 3. The monoisotopic (exact) mass is 303 g/mol. The molecule has 0 amide bonds. The average Bonchev–Trinajstić information content (AvgIpc) is 3.28. The maximum Gasteiger partial charge on any atom is 0.255 e. The number of hydrogen-bond donors (Lipinski definition) is 0. The minimum atomic E-state index is -0.447. The van der Waals surface area contributed by atoms with Crippen LogP contribution in [0.3, 0.4) is 0 Å². The molecule has 1 aromatic heterocycles. The first-order valence-corrected chi connectivity index (χ1v) is 6.92. The molecule has 1 heterocycles. The lowest BCUT2D eigenvalue weighted by Crippen LogP contribution is -2.25. The highest BCUT2D eigenvalue weighted by Gasteiger charge is 2.29. The van der Waals surface area contributed by atoms with Crippen LogP contribution in [-0.4, -0.2) is 9.55 Å². The van der Waals surface area contributed by atoms with Gasteiger partial charge in [-0.2, -0.15) is 5.26 Å². The van der Waals surface area contributed by atoms with E-state index in [2.05, 4.69) is 4.98 Å². The van der Waals surface area contributed by atoms with Crippen LogP contribution in [0.15, 0.2) is 29.1 Å². The first-order chi connectivity index (χ1) is 10.1. The number of hydrogen-bond acceptors (Lipinski definition) is 3. The van der Waals surface area contributed by atoms with Crippen LogP contribution < -0.4 is 5.56 Å². The molecule has 0 bridgehead atoms. The predicted octanol–water partition coefficient (Wildman–Crippen LogP) is 2.83. The molecule has 1 aliphatic rings. The average molecular weight is 304 g/mol. The summed E-state index contributed by atoms with van der Waals surface area (Å²) in [5, 5.41) is 9.05. The zero-order valence-electron chi connectivity index (χ0n) is 11.0. The topological polar surface area (TPSA) is 58.7 Å². The Bertz CT molecular complexity index is 806. The van der Waals surface area contributed by atoms with Crippen molar-refractivity contribution in [1.82, 2.24) is 9.55 Å². The van der Waals surface area contributed by atoms with Gasteiger partial charge in [-0.3, -0.25) is 9.36 Å². The van der Waals surface area contributed by atoms with Crippen molar-refractivity contribution in [2.24, 2.45) is 0 Å². The third kappa shape index (κ3) is 2.81. The summed E-state index contributed by atoms with van der Waals surface area (Å²) in [5.74, 6) is 0.352. The summed E-state index contributed by atoms with van der Waals surface area (Å²) in [5.41, 5.74) is 0.343. The number of nitriles is 1. The van der Waals surface area contributed by atoms with Crippen molar-refractivity contribution in [3.63, 3.8) is 0 Å². The number of nitrogens with zero attached hydrogens (tertiary/aromatic N) is 3. The maximum atomic E-state index is 13.9. The lowest BCUT2D eigenvalue weighted by molar-refractivity contribution is 0.584. The van der Waals surface area contributed by atoms with Gasteiger partial charge in [0.05, 0.1) is 18.2 Å². The molecule has 4 nitrogen and oxygen atoms in total. The molecule has 106 valence electrons. The molecule has 0 N–H and O–H groups in total. The highest BCUT2D eigenvalue weighted by atomic mass is 35.5. The largest absolute Gasteiger partial charge is 0.292 e. The minimum absolute atomic E-state index is 0.0518. The lowest BCUT2D eigenvalue weighted by Gasteiger charge is -2.12. The van der Waals surface area contributed by atoms with E-state index in [-0.39, 0.29) is 23.2 Å². The van der Waals surface area contributed by atoms with Crippen LogP contribution in [0, 0.1) is 17.1 Å². The Morgan fingerprint density at radius 1 is 1.43 bits per heavy atom. The first kappa shape index (κ1) is 13.8. The van der Waals surface area contributed by atoms with Gasteiger partial charge in [-0.15, -0.1) is 0 Å². The molecular weight excluding hydrogens is 293 g/mol. The number of benzene rings is 1. The van der Waals surface area contributed by atoms with Crippen molar-refractivity contribution in [1.29, 1.82) is 5.26 Å².